The molecule has 1 aliphatic rings. The molecule has 0 unspecified atom stereocenters. The summed E-state index contributed by atoms with van der Waals surface area (Å²) >= 11 is 1.57. The van der Waals surface area contributed by atoms with Gasteiger partial charge in [-0.15, -0.1) is 11.3 Å². The molecular weight excluding hydrogens is 234 g/mol. The second-order valence-corrected chi connectivity index (χ2v) is 5.01. The van der Waals surface area contributed by atoms with Gasteiger partial charge in [0.25, 0.3) is 0 Å². The van der Waals surface area contributed by atoms with Crippen LogP contribution in [-0.2, 0) is 6.42 Å². The molecule has 0 bridgehead atoms. The molecule has 0 saturated heterocycles. The molecular formula is C12H11N3OS. The summed E-state index contributed by atoms with van der Waals surface area (Å²) in [5.74, 6) is 0.172. The van der Waals surface area contributed by atoms with Crippen molar-refractivity contribution in [2.75, 3.05) is 5.32 Å². The number of carbonyl (C=O) groups is 1. The van der Waals surface area contributed by atoms with Crippen LogP contribution in [0.4, 0.5) is 10.8 Å². The summed E-state index contributed by atoms with van der Waals surface area (Å²) in [6.07, 6.45) is 5.99. The Morgan fingerprint density at radius 2 is 2.06 bits per heavy atom. The molecule has 17 heavy (non-hydrogen) atoms. The van der Waals surface area contributed by atoms with Crippen molar-refractivity contribution in [3.8, 4) is 0 Å². The quantitative estimate of drug-likeness (QED) is 0.884. The van der Waals surface area contributed by atoms with Crippen molar-refractivity contribution in [3.63, 3.8) is 0 Å². The maximum absolute atomic E-state index is 11.7. The molecule has 1 aliphatic carbocycles. The minimum Gasteiger partial charge on any atom is -0.331 e. The van der Waals surface area contributed by atoms with Crippen LogP contribution < -0.4 is 5.32 Å². The number of nitrogens with one attached hydrogen (secondary N) is 1. The second kappa shape index (κ2) is 4.25. The summed E-state index contributed by atoms with van der Waals surface area (Å²) in [5, 5.41) is 3.99. The molecule has 4 nitrogen and oxygen atoms in total. The topological polar surface area (TPSA) is 54.9 Å². The standard InChI is InChI=1S/C12H11N3OS/c16-9-2-1-3-10-11(9)15-12(17-10)14-8-4-6-13-7-5-8/h4-7H,1-3H2,(H,13,14,15). The number of nitrogens with zero attached hydrogens (tertiary/aromatic N) is 2. The third-order valence-corrected chi connectivity index (χ3v) is 3.73. The molecule has 5 heteroatoms. The number of aryl methyl sites for hydroxylation is 1. The van der Waals surface area contributed by atoms with Gasteiger partial charge in [-0.1, -0.05) is 0 Å². The van der Waals surface area contributed by atoms with Gasteiger partial charge in [0.2, 0.25) is 0 Å². The highest BCUT2D eigenvalue weighted by Crippen LogP contribution is 2.30. The van der Waals surface area contributed by atoms with Gasteiger partial charge in [0.1, 0.15) is 5.69 Å². The van der Waals surface area contributed by atoms with Gasteiger partial charge < -0.3 is 5.32 Å². The summed E-state index contributed by atoms with van der Waals surface area (Å²) in [7, 11) is 0. The van der Waals surface area contributed by atoms with Crippen LogP contribution in [0.3, 0.4) is 0 Å². The first kappa shape index (κ1) is 10.4. The lowest BCUT2D eigenvalue weighted by atomic mass is 10.0. The SMILES string of the molecule is O=C1CCCc2sc(Nc3ccncc3)nc21. The van der Waals surface area contributed by atoms with E-state index in [0.717, 1.165) is 28.5 Å². The van der Waals surface area contributed by atoms with E-state index in [4.69, 9.17) is 0 Å². The Morgan fingerprint density at radius 3 is 2.82 bits per heavy atom. The van der Waals surface area contributed by atoms with Gasteiger partial charge in [-0.2, -0.15) is 0 Å². The fraction of sp³-hybridized carbons (Fsp3) is 0.250. The van der Waals surface area contributed by atoms with Gasteiger partial charge in [0.05, 0.1) is 0 Å². The molecule has 86 valence electrons. The summed E-state index contributed by atoms with van der Waals surface area (Å²) in [5.41, 5.74) is 1.61. The first-order chi connectivity index (χ1) is 8.33. The Morgan fingerprint density at radius 1 is 1.24 bits per heavy atom. The van der Waals surface area contributed by atoms with Gasteiger partial charge in [-0.05, 0) is 25.0 Å². The number of ketones is 1. The van der Waals surface area contributed by atoms with E-state index in [1.165, 1.54) is 0 Å². The fourth-order valence-corrected chi connectivity index (χ4v) is 2.92. The van der Waals surface area contributed by atoms with Crippen LogP contribution in [0.2, 0.25) is 0 Å². The lowest BCUT2D eigenvalue weighted by Crippen LogP contribution is -2.08. The highest BCUT2D eigenvalue weighted by Gasteiger charge is 2.22. The van der Waals surface area contributed by atoms with E-state index in [1.807, 2.05) is 12.1 Å². The van der Waals surface area contributed by atoms with Crippen LogP contribution in [0.5, 0.6) is 0 Å². The van der Waals surface area contributed by atoms with E-state index < -0.39 is 0 Å². The summed E-state index contributed by atoms with van der Waals surface area (Å²) < 4.78 is 0. The van der Waals surface area contributed by atoms with Crippen molar-refractivity contribution in [2.45, 2.75) is 19.3 Å². The van der Waals surface area contributed by atoms with Crippen molar-refractivity contribution < 1.29 is 4.79 Å². The maximum Gasteiger partial charge on any atom is 0.188 e. The summed E-state index contributed by atoms with van der Waals surface area (Å²) in [4.78, 5) is 21.1. The average molecular weight is 245 g/mol. The Kier molecular flexibility index (Phi) is 2.60. The van der Waals surface area contributed by atoms with Crippen molar-refractivity contribution in [2.24, 2.45) is 0 Å². The van der Waals surface area contributed by atoms with Crippen molar-refractivity contribution in [3.05, 3.63) is 35.1 Å². The molecule has 0 amide bonds. The maximum atomic E-state index is 11.7. The number of fused-ring (bicyclic) bond motifs is 1. The number of rotatable bonds is 2. The Balaban J connectivity index is 1.88. The minimum atomic E-state index is 0.172. The monoisotopic (exact) mass is 245 g/mol. The lowest BCUT2D eigenvalue weighted by molar-refractivity contribution is 0.0968. The highest BCUT2D eigenvalue weighted by molar-refractivity contribution is 7.16. The van der Waals surface area contributed by atoms with E-state index >= 15 is 0 Å². The Hall–Kier alpha value is -1.75. The number of carbonyl (C=O) groups excluding carboxylic acids is 1. The zero-order chi connectivity index (χ0) is 11.7. The van der Waals surface area contributed by atoms with Gasteiger partial charge in [-0.3, -0.25) is 9.78 Å². The molecule has 0 saturated carbocycles. The molecule has 0 aromatic carbocycles. The van der Waals surface area contributed by atoms with Gasteiger partial charge in [0, 0.05) is 29.4 Å². The van der Waals surface area contributed by atoms with Crippen LogP contribution >= 0.6 is 11.3 Å². The number of Topliss-reactive ketones (excluding diaryl/α,β-unsaturated/α-hetero) is 1. The van der Waals surface area contributed by atoms with Gasteiger partial charge in [-0.25, -0.2) is 4.98 Å². The fourth-order valence-electron chi connectivity index (χ4n) is 1.88. The van der Waals surface area contributed by atoms with Crippen molar-refractivity contribution in [1.29, 1.82) is 0 Å². The minimum absolute atomic E-state index is 0.172. The van der Waals surface area contributed by atoms with E-state index in [0.29, 0.717) is 12.1 Å². The first-order valence-electron chi connectivity index (χ1n) is 5.53. The number of thiazole rings is 1. The molecule has 0 aliphatic heterocycles. The van der Waals surface area contributed by atoms with Gasteiger partial charge in [0.15, 0.2) is 10.9 Å². The average Bonchev–Trinajstić information content (AvgIpc) is 2.74. The zero-order valence-corrected chi connectivity index (χ0v) is 9.96. The Bertz CT molecular complexity index is 550. The van der Waals surface area contributed by atoms with E-state index in [1.54, 1.807) is 23.7 Å². The molecule has 0 atom stereocenters. The molecule has 0 spiro atoms. The first-order valence-corrected chi connectivity index (χ1v) is 6.34. The third-order valence-electron chi connectivity index (χ3n) is 2.70. The summed E-state index contributed by atoms with van der Waals surface area (Å²) in [6.45, 7) is 0. The lowest BCUT2D eigenvalue weighted by Gasteiger charge is -2.05. The Labute approximate surface area is 103 Å². The molecule has 2 heterocycles. The number of anilines is 2. The second-order valence-electron chi connectivity index (χ2n) is 3.93. The van der Waals surface area contributed by atoms with E-state index in [2.05, 4.69) is 15.3 Å². The number of aromatic nitrogens is 2. The molecule has 2 aromatic rings. The summed E-state index contributed by atoms with van der Waals surface area (Å²) in [6, 6.07) is 3.75. The van der Waals surface area contributed by atoms with Crippen LogP contribution in [0.25, 0.3) is 0 Å². The largest absolute Gasteiger partial charge is 0.331 e. The molecule has 0 radical (unpaired) electrons. The van der Waals surface area contributed by atoms with E-state index in [-0.39, 0.29) is 5.78 Å². The van der Waals surface area contributed by atoms with Crippen LogP contribution in [0, 0.1) is 0 Å². The molecule has 2 aromatic heterocycles. The van der Waals surface area contributed by atoms with Crippen LogP contribution in [-0.4, -0.2) is 15.8 Å². The third kappa shape index (κ3) is 2.06. The smallest absolute Gasteiger partial charge is 0.188 e. The predicted molar refractivity (Wildman–Crippen MR) is 66.9 cm³/mol. The molecule has 0 fully saturated rings. The normalized spacial score (nSPS) is 14.5. The van der Waals surface area contributed by atoms with Crippen molar-refractivity contribution in [1.82, 2.24) is 9.97 Å². The number of hydrogen-bond donors (Lipinski definition) is 1. The van der Waals surface area contributed by atoms with E-state index in [9.17, 15) is 4.79 Å². The number of hydrogen-bond acceptors (Lipinski definition) is 5. The van der Waals surface area contributed by atoms with Crippen molar-refractivity contribution >= 4 is 27.9 Å². The van der Waals surface area contributed by atoms with Crippen LogP contribution in [0.1, 0.15) is 28.2 Å². The van der Waals surface area contributed by atoms with Crippen LogP contribution in [0.15, 0.2) is 24.5 Å². The molecule has 3 rings (SSSR count). The zero-order valence-electron chi connectivity index (χ0n) is 9.14. The number of pyridine rings is 1. The molecule has 1 N–H and O–H groups in total. The highest BCUT2D eigenvalue weighted by atomic mass is 32.1. The predicted octanol–water partition coefficient (Wildman–Crippen LogP) is 2.80. The van der Waals surface area contributed by atoms with Gasteiger partial charge >= 0.3 is 0 Å².